The molecule has 1 aromatic heterocycles. The van der Waals surface area contributed by atoms with E-state index in [0.29, 0.717) is 18.1 Å². The normalized spacial score (nSPS) is 11.1. The highest BCUT2D eigenvalue weighted by atomic mass is 19.4. The Morgan fingerprint density at radius 3 is 2.48 bits per heavy atom. The van der Waals surface area contributed by atoms with Crippen LogP contribution in [0.25, 0.3) is 0 Å². The zero-order valence-corrected chi connectivity index (χ0v) is 12.3. The highest BCUT2D eigenvalue weighted by molar-refractivity contribution is 5.92. The Kier molecular flexibility index (Phi) is 5.15. The van der Waals surface area contributed by atoms with Crippen LogP contribution in [0.4, 0.5) is 24.7 Å². The van der Waals surface area contributed by atoms with E-state index < -0.39 is 11.7 Å². The van der Waals surface area contributed by atoms with E-state index in [4.69, 9.17) is 0 Å². The van der Waals surface area contributed by atoms with E-state index in [1.165, 1.54) is 24.5 Å². The van der Waals surface area contributed by atoms with Gasteiger partial charge in [-0.15, -0.1) is 0 Å². The number of halogens is 3. The second-order valence-corrected chi connectivity index (χ2v) is 4.74. The number of anilines is 2. The molecule has 2 N–H and O–H groups in total. The summed E-state index contributed by atoms with van der Waals surface area (Å²) in [5.74, 6) is -0.00822. The van der Waals surface area contributed by atoms with Crippen LogP contribution in [-0.4, -0.2) is 22.4 Å². The van der Waals surface area contributed by atoms with Gasteiger partial charge < -0.3 is 10.6 Å². The lowest BCUT2D eigenvalue weighted by atomic mass is 10.2. The summed E-state index contributed by atoms with van der Waals surface area (Å²) in [6.07, 6.45) is -2.36. The molecule has 0 saturated heterocycles. The van der Waals surface area contributed by atoms with Crippen LogP contribution < -0.4 is 10.6 Å². The molecule has 0 atom stereocenters. The summed E-state index contributed by atoms with van der Waals surface area (Å²) in [5, 5.41) is 5.52. The van der Waals surface area contributed by atoms with Gasteiger partial charge in [0.1, 0.15) is 17.8 Å². The summed E-state index contributed by atoms with van der Waals surface area (Å²) in [6, 6.07) is 5.96. The minimum absolute atomic E-state index is 0.183. The third kappa shape index (κ3) is 4.67. The van der Waals surface area contributed by atoms with Crippen molar-refractivity contribution in [3.8, 4) is 0 Å². The lowest BCUT2D eigenvalue weighted by Crippen LogP contribution is -2.25. The zero-order valence-electron chi connectivity index (χ0n) is 12.3. The molecule has 0 aliphatic rings. The van der Waals surface area contributed by atoms with Crippen LogP contribution in [0, 0.1) is 0 Å². The second kappa shape index (κ2) is 7.08. The molecule has 122 valence electrons. The van der Waals surface area contributed by atoms with Crippen LogP contribution in [0.1, 0.15) is 29.4 Å². The molecule has 0 spiro atoms. The number of rotatable bonds is 5. The van der Waals surface area contributed by atoms with Gasteiger partial charge in [0.15, 0.2) is 0 Å². The Bertz CT molecular complexity index is 671. The summed E-state index contributed by atoms with van der Waals surface area (Å²) in [7, 11) is 0. The number of carbonyl (C=O) groups excluding carboxylic acids is 1. The fourth-order valence-electron chi connectivity index (χ4n) is 1.77. The van der Waals surface area contributed by atoms with Crippen molar-refractivity contribution < 1.29 is 18.0 Å². The van der Waals surface area contributed by atoms with Crippen LogP contribution in [0.2, 0.25) is 0 Å². The van der Waals surface area contributed by atoms with Gasteiger partial charge >= 0.3 is 6.18 Å². The molecule has 0 bridgehead atoms. The van der Waals surface area contributed by atoms with Gasteiger partial charge in [-0.3, -0.25) is 4.79 Å². The van der Waals surface area contributed by atoms with Crippen molar-refractivity contribution in [3.05, 3.63) is 47.9 Å². The summed E-state index contributed by atoms with van der Waals surface area (Å²) in [6.45, 7) is 2.46. The Morgan fingerprint density at radius 1 is 1.17 bits per heavy atom. The van der Waals surface area contributed by atoms with Crippen LogP contribution >= 0.6 is 0 Å². The SMILES string of the molecule is CCCNC(=O)c1cc(Nc2ccc(C(F)(F)F)cc2)ncn1. The van der Waals surface area contributed by atoms with E-state index in [1.54, 1.807) is 0 Å². The molecule has 8 heteroatoms. The first-order valence-electron chi connectivity index (χ1n) is 6.94. The van der Waals surface area contributed by atoms with Gasteiger partial charge in [-0.25, -0.2) is 9.97 Å². The van der Waals surface area contributed by atoms with Crippen molar-refractivity contribution in [1.82, 2.24) is 15.3 Å². The molecule has 0 radical (unpaired) electrons. The molecule has 0 fully saturated rings. The molecule has 5 nitrogen and oxygen atoms in total. The lowest BCUT2D eigenvalue weighted by Gasteiger charge is -2.09. The number of benzene rings is 1. The van der Waals surface area contributed by atoms with E-state index in [9.17, 15) is 18.0 Å². The Balaban J connectivity index is 2.10. The number of nitrogens with zero attached hydrogens (tertiary/aromatic N) is 2. The van der Waals surface area contributed by atoms with Crippen molar-refractivity contribution in [1.29, 1.82) is 0 Å². The molecule has 0 saturated carbocycles. The van der Waals surface area contributed by atoms with Crippen LogP contribution in [0.15, 0.2) is 36.7 Å². The summed E-state index contributed by atoms with van der Waals surface area (Å²) in [4.78, 5) is 19.6. The molecular formula is C15H15F3N4O. The third-order valence-corrected chi connectivity index (χ3v) is 2.92. The zero-order chi connectivity index (χ0) is 16.9. The average molecular weight is 324 g/mol. The average Bonchev–Trinajstić information content (AvgIpc) is 2.52. The van der Waals surface area contributed by atoms with Crippen molar-refractivity contribution in [3.63, 3.8) is 0 Å². The van der Waals surface area contributed by atoms with Crippen molar-refractivity contribution in [2.75, 3.05) is 11.9 Å². The number of alkyl halides is 3. The number of amides is 1. The number of nitrogens with one attached hydrogen (secondary N) is 2. The quantitative estimate of drug-likeness (QED) is 0.885. The number of hydrogen-bond acceptors (Lipinski definition) is 4. The number of hydrogen-bond donors (Lipinski definition) is 2. The van der Waals surface area contributed by atoms with E-state index in [2.05, 4.69) is 20.6 Å². The predicted octanol–water partition coefficient (Wildman–Crippen LogP) is 3.38. The van der Waals surface area contributed by atoms with Gasteiger partial charge in [0, 0.05) is 18.3 Å². The van der Waals surface area contributed by atoms with Gasteiger partial charge in [-0.2, -0.15) is 13.2 Å². The minimum atomic E-state index is -4.38. The fraction of sp³-hybridized carbons (Fsp3) is 0.267. The molecule has 2 rings (SSSR count). The fourth-order valence-corrected chi connectivity index (χ4v) is 1.77. The van der Waals surface area contributed by atoms with E-state index in [1.807, 2.05) is 6.92 Å². The lowest BCUT2D eigenvalue weighted by molar-refractivity contribution is -0.137. The molecule has 0 aliphatic heterocycles. The number of carbonyl (C=O) groups is 1. The maximum Gasteiger partial charge on any atom is 0.416 e. The smallest absolute Gasteiger partial charge is 0.351 e. The standard InChI is InChI=1S/C15H15F3N4O/c1-2-7-19-14(23)12-8-13(21-9-20-12)22-11-5-3-10(4-6-11)15(16,17)18/h3-6,8-9H,2,7H2,1H3,(H,19,23)(H,20,21,22). The summed E-state index contributed by atoms with van der Waals surface area (Å²) >= 11 is 0. The molecular weight excluding hydrogens is 309 g/mol. The van der Waals surface area contributed by atoms with Gasteiger partial charge in [0.25, 0.3) is 5.91 Å². The summed E-state index contributed by atoms with van der Waals surface area (Å²) in [5.41, 5.74) is -0.121. The second-order valence-electron chi connectivity index (χ2n) is 4.74. The molecule has 1 heterocycles. The van der Waals surface area contributed by atoms with Crippen molar-refractivity contribution in [2.24, 2.45) is 0 Å². The molecule has 23 heavy (non-hydrogen) atoms. The first-order valence-corrected chi connectivity index (χ1v) is 6.94. The van der Waals surface area contributed by atoms with Gasteiger partial charge in [0.05, 0.1) is 5.56 Å². The number of aromatic nitrogens is 2. The largest absolute Gasteiger partial charge is 0.416 e. The monoisotopic (exact) mass is 324 g/mol. The highest BCUT2D eigenvalue weighted by Gasteiger charge is 2.29. The molecule has 1 amide bonds. The minimum Gasteiger partial charge on any atom is -0.351 e. The van der Waals surface area contributed by atoms with Crippen LogP contribution in [0.3, 0.4) is 0 Å². The first kappa shape index (κ1) is 16.7. The Hall–Kier alpha value is -2.64. The maximum absolute atomic E-state index is 12.5. The van der Waals surface area contributed by atoms with Crippen molar-refractivity contribution in [2.45, 2.75) is 19.5 Å². The molecule has 2 aromatic rings. The predicted molar refractivity (Wildman–Crippen MR) is 79.4 cm³/mol. The van der Waals surface area contributed by atoms with E-state index in [0.717, 1.165) is 18.6 Å². The third-order valence-electron chi connectivity index (χ3n) is 2.92. The molecule has 0 aliphatic carbocycles. The van der Waals surface area contributed by atoms with Gasteiger partial charge in [0.2, 0.25) is 0 Å². The van der Waals surface area contributed by atoms with E-state index >= 15 is 0 Å². The molecule has 1 aromatic carbocycles. The topological polar surface area (TPSA) is 66.9 Å². The summed E-state index contributed by atoms with van der Waals surface area (Å²) < 4.78 is 37.5. The van der Waals surface area contributed by atoms with Crippen LogP contribution in [0.5, 0.6) is 0 Å². The Labute approximate surface area is 131 Å². The first-order chi connectivity index (χ1) is 10.9. The Morgan fingerprint density at radius 2 is 1.87 bits per heavy atom. The van der Waals surface area contributed by atoms with Gasteiger partial charge in [-0.1, -0.05) is 6.92 Å². The van der Waals surface area contributed by atoms with Crippen molar-refractivity contribution >= 4 is 17.4 Å². The van der Waals surface area contributed by atoms with Gasteiger partial charge in [-0.05, 0) is 30.7 Å². The maximum atomic E-state index is 12.5. The van der Waals surface area contributed by atoms with Crippen LogP contribution in [-0.2, 0) is 6.18 Å². The van der Waals surface area contributed by atoms with E-state index in [-0.39, 0.29) is 11.6 Å². The molecule has 0 unspecified atom stereocenters. The highest BCUT2D eigenvalue weighted by Crippen LogP contribution is 2.30.